The molecule has 2 aliphatic heterocycles. The molecule has 2 aliphatic rings. The number of nitrogens with one attached hydrogen (secondary N) is 2. The topological polar surface area (TPSA) is 131 Å². The van der Waals surface area contributed by atoms with Crippen LogP contribution in [-0.4, -0.2) is 77.6 Å². The van der Waals surface area contributed by atoms with Crippen LogP contribution in [-0.2, 0) is 16.6 Å². The van der Waals surface area contributed by atoms with Gasteiger partial charge in [-0.2, -0.15) is 0 Å². The van der Waals surface area contributed by atoms with Crippen molar-refractivity contribution in [2.75, 3.05) is 55.9 Å². The Labute approximate surface area is 267 Å². The lowest BCUT2D eigenvalue weighted by atomic mass is 9.94. The first kappa shape index (κ1) is 30.8. The molecule has 6 rings (SSSR count). The van der Waals surface area contributed by atoms with Gasteiger partial charge < -0.3 is 34.5 Å². The number of fused-ring (bicyclic) bond motifs is 2. The zero-order valence-electron chi connectivity index (χ0n) is 26.2. The number of carbonyl (C=O) groups excluding carboxylic acids is 3. The lowest BCUT2D eigenvalue weighted by molar-refractivity contribution is -0.135. The van der Waals surface area contributed by atoms with Crippen LogP contribution >= 0.6 is 0 Å². The van der Waals surface area contributed by atoms with Crippen LogP contribution in [0.15, 0.2) is 66.9 Å². The third-order valence-electron chi connectivity index (χ3n) is 8.40. The third kappa shape index (κ3) is 6.43. The first-order valence-corrected chi connectivity index (χ1v) is 15.3. The maximum absolute atomic E-state index is 13.5. The predicted octanol–water partition coefficient (Wildman–Crippen LogP) is 4.94. The van der Waals surface area contributed by atoms with Gasteiger partial charge in [0.1, 0.15) is 11.4 Å². The van der Waals surface area contributed by atoms with Gasteiger partial charge in [0.2, 0.25) is 11.7 Å². The monoisotopic (exact) mass is 623 g/mol. The van der Waals surface area contributed by atoms with E-state index in [1.165, 1.54) is 0 Å². The minimum atomic E-state index is -0.451. The molecule has 46 heavy (non-hydrogen) atoms. The van der Waals surface area contributed by atoms with Crippen molar-refractivity contribution >= 4 is 51.9 Å². The molecule has 0 spiro atoms. The fraction of sp³-hybridized carbons (Fsp3) is 0.324. The lowest BCUT2D eigenvalue weighted by Gasteiger charge is -2.35. The number of ketones is 1. The highest BCUT2D eigenvalue weighted by atomic mass is 16.5. The van der Waals surface area contributed by atoms with Crippen molar-refractivity contribution in [3.05, 3.63) is 78.1 Å². The molecule has 1 saturated heterocycles. The van der Waals surface area contributed by atoms with Gasteiger partial charge in [-0.1, -0.05) is 0 Å². The van der Waals surface area contributed by atoms with E-state index in [0.29, 0.717) is 35.8 Å². The van der Waals surface area contributed by atoms with Gasteiger partial charge in [0.15, 0.2) is 5.76 Å². The summed E-state index contributed by atoms with van der Waals surface area (Å²) in [6, 6.07) is 9.96. The van der Waals surface area contributed by atoms with Crippen LogP contribution in [0.25, 0.3) is 17.1 Å². The number of hydrogen-bond acceptors (Lipinski definition) is 8. The number of pyridine rings is 2. The summed E-state index contributed by atoms with van der Waals surface area (Å²) in [5.41, 5.74) is 3.97. The molecule has 4 aromatic rings. The Hall–Kier alpha value is -5.23. The van der Waals surface area contributed by atoms with Gasteiger partial charge in [-0.3, -0.25) is 14.6 Å². The summed E-state index contributed by atoms with van der Waals surface area (Å²) < 4.78 is 13.1. The average molecular weight is 624 g/mol. The summed E-state index contributed by atoms with van der Waals surface area (Å²) in [5, 5.41) is 6.38. The Morgan fingerprint density at radius 3 is 2.70 bits per heavy atom. The molecule has 0 bridgehead atoms. The number of rotatable bonds is 9. The molecule has 0 radical (unpaired) electrons. The van der Waals surface area contributed by atoms with Crippen molar-refractivity contribution in [2.24, 2.45) is 13.0 Å². The molecule has 3 amide bonds. The summed E-state index contributed by atoms with van der Waals surface area (Å²) >= 11 is 0. The van der Waals surface area contributed by atoms with Gasteiger partial charge in [-0.05, 0) is 61.7 Å². The number of urea groups is 1. The van der Waals surface area contributed by atoms with Crippen LogP contribution in [0.3, 0.4) is 0 Å². The molecule has 12 heteroatoms. The van der Waals surface area contributed by atoms with E-state index in [-0.39, 0.29) is 23.4 Å². The van der Waals surface area contributed by atoms with E-state index in [4.69, 9.17) is 9.47 Å². The predicted molar refractivity (Wildman–Crippen MR) is 176 cm³/mol. The highest BCUT2D eigenvalue weighted by Crippen LogP contribution is 2.37. The molecule has 1 fully saturated rings. The van der Waals surface area contributed by atoms with Crippen LogP contribution in [0.1, 0.15) is 35.2 Å². The summed E-state index contributed by atoms with van der Waals surface area (Å²) in [7, 11) is 5.46. The van der Waals surface area contributed by atoms with Gasteiger partial charge in [0, 0.05) is 94.3 Å². The number of benzene rings is 1. The van der Waals surface area contributed by atoms with Crippen molar-refractivity contribution in [1.82, 2.24) is 19.4 Å². The standard InChI is InChI=1S/C34H37N7O5/c1-39(14-5-17-45-3)33(43)22-10-15-41(16-11-22)27-9-13-36-32-30(27)23(21-40(32)2)18-29-31(42)26-19-24(7-8-28(26)46-29)37-34(44)38-25-6-4-12-35-20-25/h4,6-9,12-13,18-22H,5,10-11,14-17H2,1-3H3,(H2,37,38,44)/b29-18-. The number of Topliss-reactive ketones (excluding diaryl/α,β-unsaturated/α-hetero) is 1. The second-order valence-electron chi connectivity index (χ2n) is 11.6. The largest absolute Gasteiger partial charge is 0.452 e. The van der Waals surface area contributed by atoms with Gasteiger partial charge >= 0.3 is 6.03 Å². The van der Waals surface area contributed by atoms with Gasteiger partial charge in [-0.15, -0.1) is 0 Å². The summed E-state index contributed by atoms with van der Waals surface area (Å²) in [6.07, 6.45) is 11.0. The van der Waals surface area contributed by atoms with Crippen LogP contribution in [0.2, 0.25) is 0 Å². The fourth-order valence-corrected chi connectivity index (χ4v) is 6.07. The Balaban J connectivity index is 1.18. The Bertz CT molecular complexity index is 1790. The Morgan fingerprint density at radius 1 is 1.13 bits per heavy atom. The van der Waals surface area contributed by atoms with Crippen molar-refractivity contribution in [3.63, 3.8) is 0 Å². The number of aryl methyl sites for hydroxylation is 1. The number of methoxy groups -OCH3 is 1. The molecule has 5 heterocycles. The number of amides is 3. The van der Waals surface area contributed by atoms with Crippen LogP contribution in [0.4, 0.5) is 21.9 Å². The summed E-state index contributed by atoms with van der Waals surface area (Å²) in [4.78, 5) is 51.7. The van der Waals surface area contributed by atoms with E-state index in [2.05, 4.69) is 25.5 Å². The van der Waals surface area contributed by atoms with E-state index in [9.17, 15) is 14.4 Å². The number of hydrogen-bond donors (Lipinski definition) is 2. The van der Waals surface area contributed by atoms with Crippen LogP contribution in [0, 0.1) is 5.92 Å². The normalized spacial score (nSPS) is 15.6. The zero-order valence-corrected chi connectivity index (χ0v) is 26.2. The Morgan fingerprint density at radius 2 is 1.93 bits per heavy atom. The van der Waals surface area contributed by atoms with Crippen molar-refractivity contribution in [3.8, 4) is 5.75 Å². The molecule has 0 unspecified atom stereocenters. The number of aromatic nitrogens is 3. The zero-order chi connectivity index (χ0) is 32.2. The van der Waals surface area contributed by atoms with Gasteiger partial charge in [0.05, 0.1) is 17.4 Å². The molecule has 2 N–H and O–H groups in total. The number of piperidine rings is 1. The van der Waals surface area contributed by atoms with Crippen molar-refractivity contribution in [2.45, 2.75) is 19.3 Å². The van der Waals surface area contributed by atoms with E-state index in [1.807, 2.05) is 35.8 Å². The minimum absolute atomic E-state index is 0.0118. The fourth-order valence-electron chi connectivity index (χ4n) is 6.07. The minimum Gasteiger partial charge on any atom is -0.452 e. The molecule has 12 nitrogen and oxygen atoms in total. The van der Waals surface area contributed by atoms with E-state index in [0.717, 1.165) is 54.6 Å². The van der Waals surface area contributed by atoms with Crippen LogP contribution < -0.4 is 20.3 Å². The highest BCUT2D eigenvalue weighted by Gasteiger charge is 2.30. The van der Waals surface area contributed by atoms with Crippen molar-refractivity contribution < 1.29 is 23.9 Å². The maximum Gasteiger partial charge on any atom is 0.323 e. The number of allylic oxidation sites excluding steroid dienone is 1. The number of ether oxygens (including phenoxy) is 2. The quantitative estimate of drug-likeness (QED) is 0.198. The number of nitrogens with zero attached hydrogens (tertiary/aromatic N) is 5. The smallest absolute Gasteiger partial charge is 0.323 e. The van der Waals surface area contributed by atoms with E-state index < -0.39 is 6.03 Å². The molecule has 1 aromatic carbocycles. The van der Waals surface area contributed by atoms with Crippen LogP contribution in [0.5, 0.6) is 5.75 Å². The summed E-state index contributed by atoms with van der Waals surface area (Å²) in [5.74, 6) is 0.511. The molecule has 238 valence electrons. The average Bonchev–Trinajstić information content (AvgIpc) is 3.56. The first-order chi connectivity index (χ1) is 22.3. The molecular weight excluding hydrogens is 586 g/mol. The second-order valence-corrected chi connectivity index (χ2v) is 11.6. The van der Waals surface area contributed by atoms with E-state index in [1.54, 1.807) is 62.1 Å². The maximum atomic E-state index is 13.5. The number of anilines is 3. The SMILES string of the molecule is COCCCN(C)C(=O)C1CCN(c2ccnc3c2c(/C=C2\Oc4ccc(NC(=O)Nc5cccnc5)cc4C2=O)cn3C)CC1. The van der Waals surface area contributed by atoms with Gasteiger partial charge in [-0.25, -0.2) is 9.78 Å². The first-order valence-electron chi connectivity index (χ1n) is 15.3. The molecule has 3 aromatic heterocycles. The Kier molecular flexibility index (Phi) is 8.97. The highest BCUT2D eigenvalue weighted by molar-refractivity contribution is 6.16. The van der Waals surface area contributed by atoms with Gasteiger partial charge in [0.25, 0.3) is 0 Å². The van der Waals surface area contributed by atoms with Crippen molar-refractivity contribution in [1.29, 1.82) is 0 Å². The van der Waals surface area contributed by atoms with E-state index >= 15 is 0 Å². The molecule has 0 saturated carbocycles. The number of carbonyl (C=O) groups is 3. The lowest BCUT2D eigenvalue weighted by Crippen LogP contribution is -2.41. The molecule has 0 atom stereocenters. The molecular formula is C34H37N7O5. The molecule has 0 aliphatic carbocycles. The second kappa shape index (κ2) is 13.4. The third-order valence-corrected chi connectivity index (χ3v) is 8.40. The summed E-state index contributed by atoms with van der Waals surface area (Å²) in [6.45, 7) is 2.79.